The zero-order chi connectivity index (χ0) is 22.2. The summed E-state index contributed by atoms with van der Waals surface area (Å²) in [7, 11) is 1.24. The van der Waals surface area contributed by atoms with Crippen LogP contribution in [0.3, 0.4) is 0 Å². The van der Waals surface area contributed by atoms with Gasteiger partial charge in [-0.25, -0.2) is 4.79 Å². The van der Waals surface area contributed by atoms with Crippen LogP contribution in [0.4, 0.5) is 13.2 Å². The number of H-pyrrole nitrogens is 1. The van der Waals surface area contributed by atoms with E-state index in [1.165, 1.54) is 25.3 Å². The number of alkyl halides is 3. The van der Waals surface area contributed by atoms with Gasteiger partial charge in [0.15, 0.2) is 6.04 Å². The van der Waals surface area contributed by atoms with Crippen molar-refractivity contribution in [3.8, 4) is 0 Å². The Morgan fingerprint density at radius 1 is 1.07 bits per heavy atom. The number of benzene rings is 2. The maximum absolute atomic E-state index is 13.6. The molecule has 0 aliphatic rings. The maximum atomic E-state index is 13.6. The standard InChI is InChI=1S/C20H15Cl2F3N2O3/c1-9-3-15-10(6-14(9)19(29)30-2)7-16(26-15)18(28)27-17(20(23,24)25)11-4-12(21)8-13(22)5-11/h3-8,17,26H,1-2H3,(H,27,28). The van der Waals surface area contributed by atoms with Crippen molar-refractivity contribution in [1.29, 1.82) is 0 Å². The predicted molar refractivity (Wildman–Crippen MR) is 107 cm³/mol. The van der Waals surface area contributed by atoms with Gasteiger partial charge in [0.05, 0.1) is 12.7 Å². The van der Waals surface area contributed by atoms with Crippen molar-refractivity contribution in [3.05, 3.63) is 68.8 Å². The molecule has 1 atom stereocenters. The predicted octanol–water partition coefficient (Wildman–Crippen LogP) is 5.60. The molecule has 3 aromatic rings. The SMILES string of the molecule is COC(=O)c1cc2cc(C(=O)NC(c3cc(Cl)cc(Cl)c3)C(F)(F)F)[nH]c2cc1C. The molecule has 0 spiro atoms. The van der Waals surface area contributed by atoms with E-state index >= 15 is 0 Å². The van der Waals surface area contributed by atoms with E-state index in [2.05, 4.69) is 4.98 Å². The Labute approximate surface area is 179 Å². The van der Waals surface area contributed by atoms with Crippen LogP contribution in [0, 0.1) is 6.92 Å². The Hall–Kier alpha value is -2.71. The Kier molecular flexibility index (Phi) is 6.01. The summed E-state index contributed by atoms with van der Waals surface area (Å²) in [4.78, 5) is 27.2. The third kappa shape index (κ3) is 4.55. The van der Waals surface area contributed by atoms with Crippen LogP contribution < -0.4 is 5.32 Å². The molecule has 0 aliphatic heterocycles. The van der Waals surface area contributed by atoms with Crippen molar-refractivity contribution < 1.29 is 27.5 Å². The molecule has 10 heteroatoms. The van der Waals surface area contributed by atoms with Gasteiger partial charge in [0, 0.05) is 20.9 Å². The van der Waals surface area contributed by atoms with E-state index in [1.54, 1.807) is 13.0 Å². The van der Waals surface area contributed by atoms with Crippen LogP contribution in [0.5, 0.6) is 0 Å². The Balaban J connectivity index is 1.96. The topological polar surface area (TPSA) is 71.2 Å². The molecule has 30 heavy (non-hydrogen) atoms. The lowest BCUT2D eigenvalue weighted by Gasteiger charge is -2.22. The number of halogens is 5. The molecule has 1 aromatic heterocycles. The number of hydrogen-bond acceptors (Lipinski definition) is 3. The summed E-state index contributed by atoms with van der Waals surface area (Å²) in [5, 5.41) is 2.46. The lowest BCUT2D eigenvalue weighted by atomic mass is 10.1. The minimum Gasteiger partial charge on any atom is -0.465 e. The van der Waals surface area contributed by atoms with Crippen molar-refractivity contribution >= 4 is 46.0 Å². The van der Waals surface area contributed by atoms with Gasteiger partial charge in [-0.1, -0.05) is 23.2 Å². The lowest BCUT2D eigenvalue weighted by Crippen LogP contribution is -2.38. The molecule has 0 saturated heterocycles. The van der Waals surface area contributed by atoms with Gasteiger partial charge in [-0.3, -0.25) is 4.79 Å². The van der Waals surface area contributed by atoms with Gasteiger partial charge in [0.2, 0.25) is 0 Å². The fourth-order valence-electron chi connectivity index (χ4n) is 3.05. The summed E-state index contributed by atoms with van der Waals surface area (Å²) in [5.74, 6) is -1.54. The molecule has 5 nitrogen and oxygen atoms in total. The first-order valence-electron chi connectivity index (χ1n) is 8.55. The number of rotatable bonds is 4. The van der Waals surface area contributed by atoms with Crippen LogP contribution in [0.2, 0.25) is 10.0 Å². The first-order chi connectivity index (χ1) is 14.0. The molecule has 1 amide bonds. The number of aryl methyl sites for hydroxylation is 1. The largest absolute Gasteiger partial charge is 0.465 e. The molecule has 2 aromatic carbocycles. The molecule has 0 bridgehead atoms. The Bertz CT molecular complexity index is 1120. The molecule has 0 fully saturated rings. The number of hydrogen-bond donors (Lipinski definition) is 2. The maximum Gasteiger partial charge on any atom is 0.412 e. The first-order valence-corrected chi connectivity index (χ1v) is 9.30. The summed E-state index contributed by atoms with van der Waals surface area (Å²) in [6, 6.07) is 5.61. The summed E-state index contributed by atoms with van der Waals surface area (Å²) in [6.45, 7) is 1.68. The van der Waals surface area contributed by atoms with Crippen LogP contribution in [0.1, 0.15) is 38.0 Å². The highest BCUT2D eigenvalue weighted by molar-refractivity contribution is 6.34. The second kappa shape index (κ2) is 8.20. The highest BCUT2D eigenvalue weighted by atomic mass is 35.5. The molecular formula is C20H15Cl2F3N2O3. The molecule has 0 saturated carbocycles. The van der Waals surface area contributed by atoms with Crippen LogP contribution >= 0.6 is 23.2 Å². The summed E-state index contributed by atoms with van der Waals surface area (Å²) < 4.78 is 45.6. The minimum atomic E-state index is -4.79. The van der Waals surface area contributed by atoms with Gasteiger partial charge in [0.1, 0.15) is 5.69 Å². The molecule has 0 aliphatic carbocycles. The Morgan fingerprint density at radius 3 is 2.27 bits per heavy atom. The number of methoxy groups -OCH3 is 1. The third-order valence-corrected chi connectivity index (χ3v) is 4.87. The van der Waals surface area contributed by atoms with E-state index in [-0.39, 0.29) is 26.9 Å². The van der Waals surface area contributed by atoms with Crippen LogP contribution in [-0.4, -0.2) is 30.1 Å². The van der Waals surface area contributed by atoms with E-state index in [1.807, 2.05) is 5.32 Å². The number of ether oxygens (including phenoxy) is 1. The van der Waals surface area contributed by atoms with Crippen molar-refractivity contribution in [1.82, 2.24) is 10.3 Å². The third-order valence-electron chi connectivity index (χ3n) is 4.44. The zero-order valence-electron chi connectivity index (χ0n) is 15.7. The summed E-state index contributed by atoms with van der Waals surface area (Å²) >= 11 is 11.6. The van der Waals surface area contributed by atoms with Crippen molar-refractivity contribution in [2.24, 2.45) is 0 Å². The molecule has 1 heterocycles. The molecule has 0 radical (unpaired) electrons. The normalized spacial score (nSPS) is 12.6. The van der Waals surface area contributed by atoms with Gasteiger partial charge in [-0.2, -0.15) is 13.2 Å². The molecule has 3 rings (SSSR count). The second-order valence-corrected chi connectivity index (χ2v) is 7.45. The molecule has 2 N–H and O–H groups in total. The fraction of sp³-hybridized carbons (Fsp3) is 0.200. The van der Waals surface area contributed by atoms with Crippen LogP contribution in [0.15, 0.2) is 36.4 Å². The lowest BCUT2D eigenvalue weighted by molar-refractivity contribution is -0.155. The number of esters is 1. The van der Waals surface area contributed by atoms with Gasteiger partial charge in [-0.05, 0) is 54.4 Å². The highest BCUT2D eigenvalue weighted by Gasteiger charge is 2.42. The van der Waals surface area contributed by atoms with E-state index < -0.39 is 24.1 Å². The number of nitrogens with one attached hydrogen (secondary N) is 2. The average Bonchev–Trinajstić information content (AvgIpc) is 3.05. The van der Waals surface area contributed by atoms with Gasteiger partial charge < -0.3 is 15.0 Å². The second-order valence-electron chi connectivity index (χ2n) is 6.58. The fourth-order valence-corrected chi connectivity index (χ4v) is 3.59. The van der Waals surface area contributed by atoms with E-state index in [9.17, 15) is 22.8 Å². The number of carbonyl (C=O) groups is 2. The monoisotopic (exact) mass is 458 g/mol. The minimum absolute atomic E-state index is 0.0115. The summed E-state index contributed by atoms with van der Waals surface area (Å²) in [6.07, 6.45) is -4.79. The smallest absolute Gasteiger partial charge is 0.412 e. The number of amides is 1. The van der Waals surface area contributed by atoms with E-state index in [0.29, 0.717) is 16.5 Å². The summed E-state index contributed by atoms with van der Waals surface area (Å²) in [5.41, 5.74) is 0.962. The molecule has 1 unspecified atom stereocenters. The molecular weight excluding hydrogens is 444 g/mol. The Morgan fingerprint density at radius 2 is 1.70 bits per heavy atom. The quantitative estimate of drug-likeness (QED) is 0.499. The van der Waals surface area contributed by atoms with Crippen LogP contribution in [0.25, 0.3) is 10.9 Å². The van der Waals surface area contributed by atoms with E-state index in [4.69, 9.17) is 27.9 Å². The van der Waals surface area contributed by atoms with Crippen molar-refractivity contribution in [3.63, 3.8) is 0 Å². The first kappa shape index (κ1) is 22.0. The van der Waals surface area contributed by atoms with E-state index in [0.717, 1.165) is 12.1 Å². The van der Waals surface area contributed by atoms with Gasteiger partial charge >= 0.3 is 12.1 Å². The van der Waals surface area contributed by atoms with Crippen molar-refractivity contribution in [2.75, 3.05) is 7.11 Å². The van der Waals surface area contributed by atoms with Gasteiger partial charge in [0.25, 0.3) is 5.91 Å². The number of fused-ring (bicyclic) bond motifs is 1. The van der Waals surface area contributed by atoms with Crippen LogP contribution in [-0.2, 0) is 4.74 Å². The number of aromatic amines is 1. The number of carbonyl (C=O) groups excluding carboxylic acids is 2. The zero-order valence-corrected chi connectivity index (χ0v) is 17.2. The average molecular weight is 459 g/mol. The number of aromatic nitrogens is 1. The van der Waals surface area contributed by atoms with Crippen molar-refractivity contribution in [2.45, 2.75) is 19.1 Å². The molecule has 158 valence electrons. The van der Waals surface area contributed by atoms with Gasteiger partial charge in [-0.15, -0.1) is 0 Å². The highest BCUT2D eigenvalue weighted by Crippen LogP contribution is 2.35.